The third kappa shape index (κ3) is 1.98. The first kappa shape index (κ1) is 11.9. The van der Waals surface area contributed by atoms with Gasteiger partial charge in [0.25, 0.3) is 5.91 Å². The highest BCUT2D eigenvalue weighted by Gasteiger charge is 2.24. The van der Waals surface area contributed by atoms with Gasteiger partial charge in [0.05, 0.1) is 5.69 Å². The molecule has 1 atom stereocenters. The Kier molecular flexibility index (Phi) is 2.90. The third-order valence-corrected chi connectivity index (χ3v) is 2.68. The topological polar surface area (TPSA) is 82.4 Å². The van der Waals surface area contributed by atoms with Crippen molar-refractivity contribution in [3.05, 3.63) is 18.2 Å². The minimum Gasteiger partial charge on any atom is -0.479 e. The van der Waals surface area contributed by atoms with Gasteiger partial charge in [0.15, 0.2) is 12.2 Å². The molecule has 0 aromatic heterocycles. The van der Waals surface area contributed by atoms with Crippen LogP contribution in [0, 0.1) is 11.3 Å². The van der Waals surface area contributed by atoms with Gasteiger partial charge in [-0.05, 0) is 25.1 Å². The van der Waals surface area contributed by atoms with Crippen molar-refractivity contribution in [2.45, 2.75) is 13.0 Å². The zero-order chi connectivity index (χ0) is 13.3. The summed E-state index contributed by atoms with van der Waals surface area (Å²) in [5.41, 5.74) is 1.01. The fraction of sp³-hybridized carbons (Fsp3) is 0.250. The van der Waals surface area contributed by atoms with Crippen LogP contribution < -0.4 is 15.0 Å². The molecule has 0 saturated heterocycles. The Morgan fingerprint density at radius 2 is 2.28 bits per heavy atom. The van der Waals surface area contributed by atoms with Crippen molar-refractivity contribution in [3.63, 3.8) is 0 Å². The zero-order valence-electron chi connectivity index (χ0n) is 9.93. The summed E-state index contributed by atoms with van der Waals surface area (Å²) in [7, 11) is 1.49. The van der Waals surface area contributed by atoms with Crippen LogP contribution in [0.3, 0.4) is 0 Å². The van der Waals surface area contributed by atoms with Crippen LogP contribution >= 0.6 is 0 Å². The predicted molar refractivity (Wildman–Crippen MR) is 64.2 cm³/mol. The Bertz CT molecular complexity index is 562. The summed E-state index contributed by atoms with van der Waals surface area (Å²) >= 11 is 0. The maximum atomic E-state index is 11.5. The molecule has 2 amide bonds. The molecule has 1 unspecified atom stereocenters. The van der Waals surface area contributed by atoms with E-state index < -0.39 is 12.0 Å². The van der Waals surface area contributed by atoms with Crippen molar-refractivity contribution in [2.75, 3.05) is 17.3 Å². The number of amides is 2. The Balaban J connectivity index is 2.34. The largest absolute Gasteiger partial charge is 0.479 e. The van der Waals surface area contributed by atoms with E-state index in [1.807, 2.05) is 0 Å². The number of carbonyl (C=O) groups is 2. The molecule has 6 nitrogen and oxygen atoms in total. The van der Waals surface area contributed by atoms with E-state index >= 15 is 0 Å². The number of ether oxygens (including phenoxy) is 1. The molecular formula is C12H11N3O3. The van der Waals surface area contributed by atoms with Crippen LogP contribution in [0.4, 0.5) is 11.4 Å². The van der Waals surface area contributed by atoms with Gasteiger partial charge in [0, 0.05) is 12.7 Å². The summed E-state index contributed by atoms with van der Waals surface area (Å²) < 4.78 is 5.39. The van der Waals surface area contributed by atoms with Gasteiger partial charge in [0.1, 0.15) is 5.75 Å². The number of rotatable bonds is 1. The van der Waals surface area contributed by atoms with Crippen LogP contribution in [-0.4, -0.2) is 25.0 Å². The van der Waals surface area contributed by atoms with Gasteiger partial charge in [-0.1, -0.05) is 0 Å². The Morgan fingerprint density at radius 1 is 1.56 bits per heavy atom. The van der Waals surface area contributed by atoms with Gasteiger partial charge >= 0.3 is 5.91 Å². The van der Waals surface area contributed by atoms with Gasteiger partial charge in [-0.2, -0.15) is 5.26 Å². The molecule has 0 fully saturated rings. The van der Waals surface area contributed by atoms with E-state index in [4.69, 9.17) is 10.00 Å². The van der Waals surface area contributed by atoms with Gasteiger partial charge in [-0.15, -0.1) is 0 Å². The monoisotopic (exact) mass is 245 g/mol. The van der Waals surface area contributed by atoms with Crippen molar-refractivity contribution in [1.82, 2.24) is 0 Å². The molecule has 0 radical (unpaired) electrons. The number of fused-ring (bicyclic) bond motifs is 1. The SMILES string of the molecule is CC1Oc2ccc(N(C)C(=O)C#N)cc2NC1=O. The summed E-state index contributed by atoms with van der Waals surface area (Å²) in [6.45, 7) is 1.65. The number of benzene rings is 1. The van der Waals surface area contributed by atoms with Gasteiger partial charge < -0.3 is 15.0 Å². The highest BCUT2D eigenvalue weighted by Crippen LogP contribution is 2.33. The van der Waals surface area contributed by atoms with Crippen molar-refractivity contribution in [3.8, 4) is 11.8 Å². The van der Waals surface area contributed by atoms with Gasteiger partial charge in [-0.3, -0.25) is 9.59 Å². The van der Waals surface area contributed by atoms with E-state index in [0.717, 1.165) is 0 Å². The van der Waals surface area contributed by atoms with E-state index in [1.165, 1.54) is 18.0 Å². The van der Waals surface area contributed by atoms with Crippen LogP contribution in [0.1, 0.15) is 6.92 Å². The first-order chi connectivity index (χ1) is 8.52. The summed E-state index contributed by atoms with van der Waals surface area (Å²) in [5, 5.41) is 11.2. The molecule has 1 aromatic carbocycles. The van der Waals surface area contributed by atoms with Crippen LogP contribution in [0.2, 0.25) is 0 Å². The van der Waals surface area contributed by atoms with E-state index in [-0.39, 0.29) is 5.91 Å². The lowest BCUT2D eigenvalue weighted by Gasteiger charge is -2.24. The van der Waals surface area contributed by atoms with E-state index in [1.54, 1.807) is 25.1 Å². The molecule has 1 heterocycles. The first-order valence-corrected chi connectivity index (χ1v) is 5.32. The highest BCUT2D eigenvalue weighted by molar-refractivity contribution is 6.05. The van der Waals surface area contributed by atoms with E-state index in [9.17, 15) is 9.59 Å². The standard InChI is InChI=1S/C12H11N3O3/c1-7-12(17)14-9-5-8(3-4-10(9)18-7)15(2)11(16)6-13/h3-5,7H,1-2H3,(H,14,17). The molecule has 0 aliphatic carbocycles. The second-order valence-corrected chi connectivity index (χ2v) is 3.91. The Hall–Kier alpha value is -2.55. The summed E-state index contributed by atoms with van der Waals surface area (Å²) in [4.78, 5) is 23.9. The lowest BCUT2D eigenvalue weighted by molar-refractivity contribution is -0.122. The number of hydrogen-bond donors (Lipinski definition) is 1. The molecule has 1 aliphatic heterocycles. The van der Waals surface area contributed by atoms with Crippen molar-refractivity contribution >= 4 is 23.2 Å². The number of nitriles is 1. The molecule has 0 saturated carbocycles. The predicted octanol–water partition coefficient (Wildman–Crippen LogP) is 0.892. The minimum absolute atomic E-state index is 0.242. The van der Waals surface area contributed by atoms with Crippen LogP contribution in [0.25, 0.3) is 0 Å². The second kappa shape index (κ2) is 4.37. The number of nitrogens with zero attached hydrogens (tertiary/aromatic N) is 2. The van der Waals surface area contributed by atoms with Crippen molar-refractivity contribution in [1.29, 1.82) is 5.26 Å². The Morgan fingerprint density at radius 3 is 2.94 bits per heavy atom. The maximum absolute atomic E-state index is 11.5. The lowest BCUT2D eigenvalue weighted by atomic mass is 10.2. The molecule has 0 spiro atoms. The second-order valence-electron chi connectivity index (χ2n) is 3.91. The molecule has 92 valence electrons. The van der Waals surface area contributed by atoms with Crippen molar-refractivity contribution < 1.29 is 14.3 Å². The fourth-order valence-corrected chi connectivity index (χ4v) is 1.60. The van der Waals surface area contributed by atoms with Gasteiger partial charge in [0.2, 0.25) is 0 Å². The number of carbonyl (C=O) groups excluding carboxylic acids is 2. The van der Waals surface area contributed by atoms with E-state index in [2.05, 4.69) is 5.32 Å². The average molecular weight is 245 g/mol. The van der Waals surface area contributed by atoms with Crippen LogP contribution in [0.15, 0.2) is 18.2 Å². The molecule has 18 heavy (non-hydrogen) atoms. The molecule has 1 aromatic rings. The maximum Gasteiger partial charge on any atom is 0.329 e. The third-order valence-electron chi connectivity index (χ3n) is 2.68. The Labute approximate surface area is 104 Å². The fourth-order valence-electron chi connectivity index (χ4n) is 1.60. The zero-order valence-corrected chi connectivity index (χ0v) is 9.93. The quantitative estimate of drug-likeness (QED) is 0.745. The van der Waals surface area contributed by atoms with Crippen molar-refractivity contribution in [2.24, 2.45) is 0 Å². The molecule has 6 heteroatoms. The summed E-state index contributed by atoms with van der Waals surface area (Å²) in [6, 6.07) is 6.42. The van der Waals surface area contributed by atoms with Crippen LogP contribution in [0.5, 0.6) is 5.75 Å². The molecule has 1 aliphatic rings. The highest BCUT2D eigenvalue weighted by atomic mass is 16.5. The first-order valence-electron chi connectivity index (χ1n) is 5.32. The van der Waals surface area contributed by atoms with E-state index in [0.29, 0.717) is 17.1 Å². The summed E-state index contributed by atoms with van der Waals surface area (Å²) in [5.74, 6) is -0.371. The molecule has 2 rings (SSSR count). The van der Waals surface area contributed by atoms with Gasteiger partial charge in [-0.25, -0.2) is 0 Å². The number of anilines is 2. The molecule has 1 N–H and O–H groups in total. The minimum atomic E-state index is -0.675. The summed E-state index contributed by atoms with van der Waals surface area (Å²) in [6.07, 6.45) is -0.540. The molecule has 0 bridgehead atoms. The number of nitrogens with one attached hydrogen (secondary N) is 1. The molecular weight excluding hydrogens is 234 g/mol. The normalized spacial score (nSPS) is 16.9. The smallest absolute Gasteiger partial charge is 0.329 e. The lowest BCUT2D eigenvalue weighted by Crippen LogP contribution is -2.34. The number of hydrogen-bond acceptors (Lipinski definition) is 4. The average Bonchev–Trinajstić information content (AvgIpc) is 2.37. The van der Waals surface area contributed by atoms with Crippen LogP contribution in [-0.2, 0) is 9.59 Å².